The molecule has 23 heavy (non-hydrogen) atoms. The Hall–Kier alpha value is -1.18. The van der Waals surface area contributed by atoms with Crippen molar-refractivity contribution < 1.29 is 9.53 Å². The molecule has 1 aromatic carbocycles. The van der Waals surface area contributed by atoms with E-state index < -0.39 is 0 Å². The molecule has 0 aliphatic carbocycles. The van der Waals surface area contributed by atoms with Crippen molar-refractivity contribution in [3.63, 3.8) is 0 Å². The first kappa shape index (κ1) is 18.2. The lowest BCUT2D eigenvalue weighted by Gasteiger charge is -2.12. The molecule has 1 aromatic heterocycles. The highest BCUT2D eigenvalue weighted by Gasteiger charge is 2.14. The standard InChI is InChI=1S/C15H17BrClN3O2S/c1-7(2)14-19-20-15(23-14)18-11(21)6-22-10-5-8(3)13(17)9(4)12(10)16/h5,7H,6H2,1-4H3,(H,18,20,21). The molecule has 0 radical (unpaired) electrons. The molecule has 2 aromatic rings. The van der Waals surface area contributed by atoms with Gasteiger partial charge in [0.2, 0.25) is 5.13 Å². The normalized spacial score (nSPS) is 10.9. The molecule has 0 saturated heterocycles. The van der Waals surface area contributed by atoms with Crippen LogP contribution in [-0.2, 0) is 4.79 Å². The molecular formula is C15H17BrClN3O2S. The summed E-state index contributed by atoms with van der Waals surface area (Å²) in [4.78, 5) is 12.0. The molecular weight excluding hydrogens is 402 g/mol. The smallest absolute Gasteiger partial charge is 0.264 e. The largest absolute Gasteiger partial charge is 0.483 e. The number of anilines is 1. The lowest BCUT2D eigenvalue weighted by Crippen LogP contribution is -2.20. The summed E-state index contributed by atoms with van der Waals surface area (Å²) in [5.74, 6) is 0.582. The van der Waals surface area contributed by atoms with Gasteiger partial charge in [0, 0.05) is 10.9 Å². The summed E-state index contributed by atoms with van der Waals surface area (Å²) in [5, 5.41) is 12.7. The van der Waals surface area contributed by atoms with Gasteiger partial charge in [0.05, 0.1) is 4.47 Å². The summed E-state index contributed by atoms with van der Waals surface area (Å²) >= 11 is 11.0. The van der Waals surface area contributed by atoms with Gasteiger partial charge >= 0.3 is 0 Å². The van der Waals surface area contributed by atoms with Crippen molar-refractivity contribution in [3.8, 4) is 5.75 Å². The van der Waals surface area contributed by atoms with E-state index in [1.807, 2.05) is 27.7 Å². The van der Waals surface area contributed by atoms with E-state index in [1.54, 1.807) is 6.07 Å². The molecule has 0 spiro atoms. The Bertz CT molecular complexity index is 734. The molecule has 0 bridgehead atoms. The molecule has 0 saturated carbocycles. The maximum Gasteiger partial charge on any atom is 0.264 e. The molecule has 0 unspecified atom stereocenters. The number of hydrogen-bond donors (Lipinski definition) is 1. The zero-order chi connectivity index (χ0) is 17.1. The van der Waals surface area contributed by atoms with Crippen LogP contribution in [0.5, 0.6) is 5.75 Å². The SMILES string of the molecule is Cc1cc(OCC(=O)Nc2nnc(C(C)C)s2)c(Br)c(C)c1Cl. The third-order valence-electron chi connectivity index (χ3n) is 3.11. The number of rotatable bonds is 5. The Balaban J connectivity index is 1.99. The van der Waals surface area contributed by atoms with Crippen molar-refractivity contribution in [1.29, 1.82) is 0 Å². The molecule has 0 aliphatic heterocycles. The zero-order valence-electron chi connectivity index (χ0n) is 13.2. The number of amides is 1. The summed E-state index contributed by atoms with van der Waals surface area (Å²) < 4.78 is 6.33. The first-order valence-electron chi connectivity index (χ1n) is 7.00. The quantitative estimate of drug-likeness (QED) is 0.763. The van der Waals surface area contributed by atoms with Gasteiger partial charge in [0.15, 0.2) is 6.61 Å². The van der Waals surface area contributed by atoms with Crippen LogP contribution in [0.4, 0.5) is 5.13 Å². The Labute approximate surface area is 152 Å². The van der Waals surface area contributed by atoms with E-state index in [9.17, 15) is 4.79 Å². The minimum atomic E-state index is -0.284. The summed E-state index contributed by atoms with van der Waals surface area (Å²) in [5.41, 5.74) is 1.78. The predicted molar refractivity (Wildman–Crippen MR) is 96.7 cm³/mol. The van der Waals surface area contributed by atoms with Gasteiger partial charge < -0.3 is 4.74 Å². The third kappa shape index (κ3) is 4.43. The number of nitrogens with one attached hydrogen (secondary N) is 1. The number of carbonyl (C=O) groups excluding carboxylic acids is 1. The van der Waals surface area contributed by atoms with E-state index in [4.69, 9.17) is 16.3 Å². The highest BCUT2D eigenvalue weighted by molar-refractivity contribution is 9.10. The van der Waals surface area contributed by atoms with Crippen LogP contribution < -0.4 is 10.1 Å². The van der Waals surface area contributed by atoms with E-state index in [0.717, 1.165) is 20.6 Å². The molecule has 1 heterocycles. The van der Waals surface area contributed by atoms with Crippen molar-refractivity contribution in [2.45, 2.75) is 33.6 Å². The van der Waals surface area contributed by atoms with E-state index in [1.165, 1.54) is 11.3 Å². The Morgan fingerprint density at radius 2 is 2.13 bits per heavy atom. The first-order chi connectivity index (χ1) is 10.8. The maximum absolute atomic E-state index is 12.0. The van der Waals surface area contributed by atoms with Crippen molar-refractivity contribution in [2.75, 3.05) is 11.9 Å². The predicted octanol–water partition coefficient (Wildman–Crippen LogP) is 4.71. The fourth-order valence-electron chi connectivity index (χ4n) is 1.82. The number of carbonyl (C=O) groups is 1. The van der Waals surface area contributed by atoms with Gasteiger partial charge in [0.25, 0.3) is 5.91 Å². The van der Waals surface area contributed by atoms with E-state index >= 15 is 0 Å². The third-order valence-corrected chi connectivity index (χ3v) is 5.81. The number of aromatic nitrogens is 2. The molecule has 5 nitrogen and oxygen atoms in total. The Kier molecular flexibility index (Phi) is 6.00. The van der Waals surface area contributed by atoms with Crippen LogP contribution in [0.2, 0.25) is 5.02 Å². The van der Waals surface area contributed by atoms with E-state index in [0.29, 0.717) is 15.9 Å². The number of hydrogen-bond acceptors (Lipinski definition) is 5. The second kappa shape index (κ2) is 7.59. The van der Waals surface area contributed by atoms with Gasteiger partial charge in [-0.15, -0.1) is 10.2 Å². The maximum atomic E-state index is 12.0. The van der Waals surface area contributed by atoms with Crippen molar-refractivity contribution in [3.05, 3.63) is 31.7 Å². The van der Waals surface area contributed by atoms with Gasteiger partial charge in [-0.25, -0.2) is 0 Å². The molecule has 0 atom stereocenters. The fourth-order valence-corrected chi connectivity index (χ4v) is 3.27. The molecule has 0 aliphatic rings. The molecule has 0 fully saturated rings. The number of ether oxygens (including phenoxy) is 1. The molecule has 2 rings (SSSR count). The lowest BCUT2D eigenvalue weighted by molar-refractivity contribution is -0.118. The summed E-state index contributed by atoms with van der Waals surface area (Å²) in [6, 6.07) is 1.80. The highest BCUT2D eigenvalue weighted by atomic mass is 79.9. The molecule has 124 valence electrons. The van der Waals surface area contributed by atoms with Crippen molar-refractivity contribution in [1.82, 2.24) is 10.2 Å². The second-order valence-corrected chi connectivity index (χ2v) is 7.56. The topological polar surface area (TPSA) is 64.1 Å². The fraction of sp³-hybridized carbons (Fsp3) is 0.400. The average molecular weight is 419 g/mol. The highest BCUT2D eigenvalue weighted by Crippen LogP contribution is 2.35. The summed E-state index contributed by atoms with van der Waals surface area (Å²) in [7, 11) is 0. The van der Waals surface area contributed by atoms with E-state index in [-0.39, 0.29) is 18.4 Å². The monoisotopic (exact) mass is 417 g/mol. The summed E-state index contributed by atoms with van der Waals surface area (Å²) in [6.45, 7) is 7.72. The van der Waals surface area contributed by atoms with Crippen LogP contribution in [0, 0.1) is 13.8 Å². The minimum absolute atomic E-state index is 0.115. The zero-order valence-corrected chi connectivity index (χ0v) is 16.4. The second-order valence-electron chi connectivity index (χ2n) is 5.38. The van der Waals surface area contributed by atoms with E-state index in [2.05, 4.69) is 31.4 Å². The van der Waals surface area contributed by atoms with Gasteiger partial charge in [-0.05, 0) is 47.0 Å². The van der Waals surface area contributed by atoms with Gasteiger partial charge in [-0.3, -0.25) is 10.1 Å². The van der Waals surface area contributed by atoms with Crippen molar-refractivity contribution >= 4 is 49.9 Å². The molecule has 8 heteroatoms. The number of benzene rings is 1. The molecule has 1 amide bonds. The van der Waals surface area contributed by atoms with Crippen LogP contribution in [-0.4, -0.2) is 22.7 Å². The first-order valence-corrected chi connectivity index (χ1v) is 8.99. The van der Waals surface area contributed by atoms with Crippen molar-refractivity contribution in [2.24, 2.45) is 0 Å². The number of aryl methyl sites for hydroxylation is 1. The number of halogens is 2. The van der Waals surface area contributed by atoms with Gasteiger partial charge in [0.1, 0.15) is 10.8 Å². The van der Waals surface area contributed by atoms with Crippen LogP contribution in [0.15, 0.2) is 10.5 Å². The van der Waals surface area contributed by atoms with Gasteiger partial charge in [-0.1, -0.05) is 36.8 Å². The number of nitrogens with zero attached hydrogens (tertiary/aromatic N) is 2. The molecule has 1 N–H and O–H groups in total. The van der Waals surface area contributed by atoms with Crippen LogP contribution in [0.25, 0.3) is 0 Å². The van der Waals surface area contributed by atoms with Crippen LogP contribution in [0.3, 0.4) is 0 Å². The van der Waals surface area contributed by atoms with Gasteiger partial charge in [-0.2, -0.15) is 0 Å². The lowest BCUT2D eigenvalue weighted by atomic mass is 10.1. The average Bonchev–Trinajstić information content (AvgIpc) is 2.96. The Morgan fingerprint density at radius 1 is 1.43 bits per heavy atom. The van der Waals surface area contributed by atoms with Crippen LogP contribution >= 0.6 is 38.9 Å². The van der Waals surface area contributed by atoms with Crippen LogP contribution in [0.1, 0.15) is 35.9 Å². The minimum Gasteiger partial charge on any atom is -0.483 e. The summed E-state index contributed by atoms with van der Waals surface area (Å²) in [6.07, 6.45) is 0. The Morgan fingerprint density at radius 3 is 2.74 bits per heavy atom.